The van der Waals surface area contributed by atoms with Gasteiger partial charge in [0.25, 0.3) is 0 Å². The van der Waals surface area contributed by atoms with E-state index in [-0.39, 0.29) is 0 Å². The normalized spacial score (nSPS) is 11.5. The molecule has 0 atom stereocenters. The van der Waals surface area contributed by atoms with Crippen LogP contribution in [0.1, 0.15) is 0 Å². The third-order valence-electron chi connectivity index (χ3n) is 10.2. The molecule has 1 aromatic heterocycles. The molecule has 0 aliphatic rings. The summed E-state index contributed by atoms with van der Waals surface area (Å²) in [5.41, 5.74) is 16.1. The van der Waals surface area contributed by atoms with Gasteiger partial charge in [-0.15, -0.1) is 5.46 Å². The monoisotopic (exact) mass is 582 g/mol. The SMILES string of the molecule is Bc1c(B)c(B)c(-n2c(-c3ccc(-c4c5ccccc5c(-c5ccccc5)c5ccccc45)cc3)nc3ccccc32)c(B)c1B. The standard InChI is InChI=1S/C39H31B5N2/c40-33-34(41)36(43)38(37(44)35(33)42)46-30-17-9-8-16-29(30)45-39(46)24-20-18-23(19-21-24)32-27-14-6-4-12-25(27)31(22-10-2-1-3-11-22)26-13-5-7-15-28(26)32/h1-21H,40-44H2. The maximum atomic E-state index is 5.23. The highest BCUT2D eigenvalue weighted by Gasteiger charge is 2.21. The van der Waals surface area contributed by atoms with Crippen molar-refractivity contribution in [3.8, 4) is 39.3 Å². The zero-order valence-corrected chi connectivity index (χ0v) is 27.0. The molecule has 0 spiro atoms. The van der Waals surface area contributed by atoms with E-state index < -0.39 is 0 Å². The Morgan fingerprint density at radius 3 is 1.35 bits per heavy atom. The van der Waals surface area contributed by atoms with Crippen LogP contribution >= 0.6 is 0 Å². The quantitative estimate of drug-likeness (QED) is 0.228. The summed E-state index contributed by atoms with van der Waals surface area (Å²) in [6.07, 6.45) is 0. The molecule has 0 bridgehead atoms. The van der Waals surface area contributed by atoms with Gasteiger partial charge in [-0.2, -0.15) is 0 Å². The smallest absolute Gasteiger partial charge is 0.145 e. The van der Waals surface area contributed by atoms with Crippen molar-refractivity contribution in [2.75, 3.05) is 0 Å². The molecule has 0 aliphatic heterocycles. The molecule has 0 amide bonds. The number of imidazole rings is 1. The summed E-state index contributed by atoms with van der Waals surface area (Å²) in [5.74, 6) is 0.968. The lowest BCUT2D eigenvalue weighted by atomic mass is 9.61. The van der Waals surface area contributed by atoms with Crippen LogP contribution < -0.4 is 27.3 Å². The van der Waals surface area contributed by atoms with E-state index in [4.69, 9.17) is 4.98 Å². The number of hydrogen-bond acceptors (Lipinski definition) is 1. The van der Waals surface area contributed by atoms with Crippen LogP contribution in [0.4, 0.5) is 0 Å². The minimum atomic E-state index is 0.968. The molecule has 0 saturated heterocycles. The molecule has 0 aliphatic carbocycles. The first kappa shape index (κ1) is 28.3. The Morgan fingerprint density at radius 1 is 0.391 bits per heavy atom. The number of hydrogen-bond donors (Lipinski definition) is 0. The first-order valence-electron chi connectivity index (χ1n) is 16.1. The Morgan fingerprint density at radius 2 is 0.804 bits per heavy atom. The van der Waals surface area contributed by atoms with Crippen LogP contribution in [0.25, 0.3) is 71.9 Å². The van der Waals surface area contributed by atoms with Gasteiger partial charge in [-0.05, 0) is 55.9 Å². The Labute approximate surface area is 274 Å². The van der Waals surface area contributed by atoms with Crippen molar-refractivity contribution in [2.45, 2.75) is 0 Å². The van der Waals surface area contributed by atoms with Crippen LogP contribution in [-0.4, -0.2) is 48.8 Å². The van der Waals surface area contributed by atoms with Crippen molar-refractivity contribution in [1.29, 1.82) is 0 Å². The number of benzene rings is 7. The molecule has 0 radical (unpaired) electrons. The van der Waals surface area contributed by atoms with Crippen LogP contribution in [0.2, 0.25) is 0 Å². The van der Waals surface area contributed by atoms with Gasteiger partial charge in [-0.1, -0.05) is 137 Å². The molecular weight excluding hydrogens is 551 g/mol. The molecule has 1 heterocycles. The van der Waals surface area contributed by atoms with E-state index in [1.165, 1.54) is 76.8 Å². The lowest BCUT2D eigenvalue weighted by molar-refractivity contribution is 1.12. The molecule has 0 saturated carbocycles. The van der Waals surface area contributed by atoms with Crippen LogP contribution in [0.3, 0.4) is 0 Å². The van der Waals surface area contributed by atoms with Crippen LogP contribution in [0, 0.1) is 0 Å². The summed E-state index contributed by atoms with van der Waals surface area (Å²) in [7, 11) is 11.2. The molecule has 212 valence electrons. The van der Waals surface area contributed by atoms with Gasteiger partial charge in [-0.25, -0.2) is 4.98 Å². The molecular formula is C39H31B5N2. The van der Waals surface area contributed by atoms with Gasteiger partial charge in [-0.3, -0.25) is 4.57 Å². The molecule has 7 heteroatoms. The molecule has 8 rings (SSSR count). The maximum absolute atomic E-state index is 5.23. The van der Waals surface area contributed by atoms with Crippen LogP contribution in [-0.2, 0) is 0 Å². The highest BCUT2D eigenvalue weighted by atomic mass is 15.1. The average Bonchev–Trinajstić information content (AvgIpc) is 3.48. The van der Waals surface area contributed by atoms with Gasteiger partial charge in [0.05, 0.1) is 11.0 Å². The zero-order valence-electron chi connectivity index (χ0n) is 27.0. The van der Waals surface area contributed by atoms with Gasteiger partial charge in [0, 0.05) is 11.3 Å². The number of rotatable bonds is 4. The fourth-order valence-electron chi connectivity index (χ4n) is 7.40. The van der Waals surface area contributed by atoms with Gasteiger partial charge >= 0.3 is 0 Å². The number of para-hydroxylation sites is 2. The van der Waals surface area contributed by atoms with Crippen molar-refractivity contribution >= 4 is 99.1 Å². The summed E-state index contributed by atoms with van der Waals surface area (Å²) in [6, 6.07) is 46.0. The first-order chi connectivity index (χ1) is 22.4. The van der Waals surface area contributed by atoms with E-state index in [0.717, 1.165) is 22.4 Å². The number of fused-ring (bicyclic) bond motifs is 3. The van der Waals surface area contributed by atoms with Gasteiger partial charge in [0.15, 0.2) is 0 Å². The fraction of sp³-hybridized carbons (Fsp3) is 0. The van der Waals surface area contributed by atoms with E-state index in [0.29, 0.717) is 0 Å². The topological polar surface area (TPSA) is 17.8 Å². The molecule has 2 nitrogen and oxygen atoms in total. The van der Waals surface area contributed by atoms with E-state index in [2.05, 4.69) is 171 Å². The van der Waals surface area contributed by atoms with Crippen molar-refractivity contribution in [3.05, 3.63) is 127 Å². The predicted molar refractivity (Wildman–Crippen MR) is 213 cm³/mol. The highest BCUT2D eigenvalue weighted by molar-refractivity contribution is 6.68. The molecule has 8 aromatic rings. The van der Waals surface area contributed by atoms with E-state index in [9.17, 15) is 0 Å². The summed E-state index contributed by atoms with van der Waals surface area (Å²) < 4.78 is 2.38. The average molecular weight is 582 g/mol. The second kappa shape index (κ2) is 11.0. The second-order valence-corrected chi connectivity index (χ2v) is 12.5. The Balaban J connectivity index is 1.36. The van der Waals surface area contributed by atoms with E-state index in [1.807, 2.05) is 0 Å². The summed E-state index contributed by atoms with van der Waals surface area (Å²) >= 11 is 0. The van der Waals surface area contributed by atoms with Crippen molar-refractivity contribution in [2.24, 2.45) is 0 Å². The molecule has 0 unspecified atom stereocenters. The van der Waals surface area contributed by atoms with Gasteiger partial charge in [0.2, 0.25) is 0 Å². The molecule has 7 aromatic carbocycles. The Kier molecular flexibility index (Phi) is 6.80. The largest absolute Gasteiger partial charge is 0.294 e. The predicted octanol–water partition coefficient (Wildman–Crippen LogP) is 1.62. The molecule has 0 fully saturated rings. The van der Waals surface area contributed by atoms with Gasteiger partial charge < -0.3 is 0 Å². The zero-order chi connectivity index (χ0) is 31.5. The van der Waals surface area contributed by atoms with Crippen LogP contribution in [0.15, 0.2) is 127 Å². The Hall–Kier alpha value is -5.15. The number of nitrogens with zero attached hydrogens (tertiary/aromatic N) is 2. The first-order valence-corrected chi connectivity index (χ1v) is 16.1. The third-order valence-corrected chi connectivity index (χ3v) is 10.2. The summed E-state index contributed by atoms with van der Waals surface area (Å²) in [4.78, 5) is 5.23. The molecule has 0 N–H and O–H groups in total. The second-order valence-electron chi connectivity index (χ2n) is 12.5. The summed E-state index contributed by atoms with van der Waals surface area (Å²) in [5, 5.41) is 5.06. The Bertz CT molecular complexity index is 2380. The lowest BCUT2D eigenvalue weighted by Gasteiger charge is -2.23. The highest BCUT2D eigenvalue weighted by Crippen LogP contribution is 2.43. The van der Waals surface area contributed by atoms with Crippen LogP contribution in [0.5, 0.6) is 0 Å². The van der Waals surface area contributed by atoms with E-state index in [1.54, 1.807) is 0 Å². The minimum absolute atomic E-state index is 0.968. The fourth-order valence-corrected chi connectivity index (χ4v) is 7.40. The maximum Gasteiger partial charge on any atom is 0.145 e. The lowest BCUT2D eigenvalue weighted by Crippen LogP contribution is -2.56. The van der Waals surface area contributed by atoms with E-state index >= 15 is 0 Å². The minimum Gasteiger partial charge on any atom is -0.294 e. The van der Waals surface area contributed by atoms with Crippen molar-refractivity contribution in [1.82, 2.24) is 9.55 Å². The van der Waals surface area contributed by atoms with Crippen molar-refractivity contribution in [3.63, 3.8) is 0 Å². The summed E-state index contributed by atoms with van der Waals surface area (Å²) in [6.45, 7) is 0. The third kappa shape index (κ3) is 4.30. The van der Waals surface area contributed by atoms with Gasteiger partial charge in [0.1, 0.15) is 45.1 Å². The molecule has 46 heavy (non-hydrogen) atoms. The van der Waals surface area contributed by atoms with Crippen molar-refractivity contribution < 1.29 is 0 Å². The number of aromatic nitrogens is 2.